The molecule has 2 aromatic rings. The summed E-state index contributed by atoms with van der Waals surface area (Å²) in [5, 5.41) is 5.95. The van der Waals surface area contributed by atoms with Crippen molar-refractivity contribution in [3.63, 3.8) is 0 Å². The second-order valence-corrected chi connectivity index (χ2v) is 7.70. The molecule has 0 aliphatic carbocycles. The van der Waals surface area contributed by atoms with Gasteiger partial charge < -0.3 is 15.4 Å². The summed E-state index contributed by atoms with van der Waals surface area (Å²) in [5.74, 6) is 0.740. The molecule has 6 heteroatoms. The number of nitrogens with zero attached hydrogens (tertiary/aromatic N) is 1. The Morgan fingerprint density at radius 2 is 1.70 bits per heavy atom. The number of hydrogen-bond donors (Lipinski definition) is 2. The van der Waals surface area contributed by atoms with Gasteiger partial charge in [-0.15, -0.1) is 0 Å². The van der Waals surface area contributed by atoms with Crippen LogP contribution in [0.25, 0.3) is 0 Å². The largest absolute Gasteiger partial charge is 0.497 e. The number of amides is 2. The molecule has 2 rings (SSSR count). The maximum atomic E-state index is 13.0. The van der Waals surface area contributed by atoms with E-state index in [9.17, 15) is 9.59 Å². The van der Waals surface area contributed by atoms with E-state index >= 15 is 0 Å². The van der Waals surface area contributed by atoms with E-state index in [-0.39, 0.29) is 18.4 Å². The van der Waals surface area contributed by atoms with Crippen LogP contribution >= 0.6 is 0 Å². The van der Waals surface area contributed by atoms with Gasteiger partial charge in [-0.2, -0.15) is 0 Å². The number of carbonyl (C=O) groups excluding carboxylic acids is 2. The molecule has 6 nitrogen and oxygen atoms in total. The van der Waals surface area contributed by atoms with Crippen LogP contribution in [-0.4, -0.2) is 43.0 Å². The number of anilines is 2. The number of hydrogen-bond acceptors (Lipinski definition) is 4. The molecule has 0 saturated carbocycles. The van der Waals surface area contributed by atoms with E-state index in [0.717, 1.165) is 22.6 Å². The highest BCUT2D eigenvalue weighted by Gasteiger charge is 2.23. The Kier molecular flexibility index (Phi) is 8.42. The molecule has 0 aliphatic rings. The predicted octanol–water partition coefficient (Wildman–Crippen LogP) is 4.41. The summed E-state index contributed by atoms with van der Waals surface area (Å²) in [7, 11) is 1.60. The Balaban J connectivity index is 2.03. The Hall–Kier alpha value is -2.86. The first-order chi connectivity index (χ1) is 14.3. The average Bonchev–Trinajstić information content (AvgIpc) is 2.73. The maximum absolute atomic E-state index is 13.0. The molecule has 2 amide bonds. The second-order valence-electron chi connectivity index (χ2n) is 7.70. The summed E-state index contributed by atoms with van der Waals surface area (Å²) >= 11 is 0. The van der Waals surface area contributed by atoms with E-state index in [2.05, 4.69) is 24.5 Å². The average molecular weight is 412 g/mol. The van der Waals surface area contributed by atoms with E-state index in [4.69, 9.17) is 4.74 Å². The quantitative estimate of drug-likeness (QED) is 0.641. The fourth-order valence-electron chi connectivity index (χ4n) is 3.32. The normalized spacial score (nSPS) is 12.0. The molecule has 0 radical (unpaired) electrons. The molecule has 0 aromatic heterocycles. The van der Waals surface area contributed by atoms with Crippen molar-refractivity contribution in [2.24, 2.45) is 0 Å². The topological polar surface area (TPSA) is 70.7 Å². The van der Waals surface area contributed by atoms with Crippen molar-refractivity contribution in [3.8, 4) is 5.75 Å². The molecule has 0 spiro atoms. The Morgan fingerprint density at radius 3 is 2.27 bits per heavy atom. The third kappa shape index (κ3) is 6.07. The zero-order valence-electron chi connectivity index (χ0n) is 18.8. The van der Waals surface area contributed by atoms with Gasteiger partial charge >= 0.3 is 0 Å². The number of ether oxygens (including phenoxy) is 1. The highest BCUT2D eigenvalue weighted by Crippen LogP contribution is 2.27. The van der Waals surface area contributed by atoms with Gasteiger partial charge in [-0.05, 0) is 61.7 Å². The van der Waals surface area contributed by atoms with Gasteiger partial charge in [-0.1, -0.05) is 39.0 Å². The third-order valence-corrected chi connectivity index (χ3v) is 5.23. The number of para-hydroxylation sites is 1. The van der Waals surface area contributed by atoms with Gasteiger partial charge in [0.1, 0.15) is 5.75 Å². The van der Waals surface area contributed by atoms with Crippen molar-refractivity contribution in [2.45, 2.75) is 46.6 Å². The number of aryl methyl sites for hydroxylation is 1. The smallest absolute Gasteiger partial charge is 0.241 e. The first-order valence-corrected chi connectivity index (χ1v) is 10.3. The van der Waals surface area contributed by atoms with Crippen LogP contribution in [-0.2, 0) is 9.59 Å². The molecule has 0 saturated heterocycles. The highest BCUT2D eigenvalue weighted by molar-refractivity contribution is 5.97. The van der Waals surface area contributed by atoms with Crippen LogP contribution in [0.5, 0.6) is 5.75 Å². The summed E-state index contributed by atoms with van der Waals surface area (Å²) < 4.78 is 5.13. The van der Waals surface area contributed by atoms with Gasteiger partial charge in [0.2, 0.25) is 11.8 Å². The fraction of sp³-hybridized carbons (Fsp3) is 0.417. The SMILES string of the molecule is CCN(CC(=O)Nc1ccc(OC)cc1)[C@@H](C)C(=O)Nc1c(C)cccc1C(C)C. The summed E-state index contributed by atoms with van der Waals surface area (Å²) in [6, 6.07) is 12.7. The molecule has 2 aromatic carbocycles. The van der Waals surface area contributed by atoms with Crippen molar-refractivity contribution >= 4 is 23.2 Å². The first-order valence-electron chi connectivity index (χ1n) is 10.3. The van der Waals surface area contributed by atoms with Crippen LogP contribution in [0.4, 0.5) is 11.4 Å². The van der Waals surface area contributed by atoms with Gasteiger partial charge in [-0.3, -0.25) is 14.5 Å². The van der Waals surface area contributed by atoms with Gasteiger partial charge in [0, 0.05) is 11.4 Å². The van der Waals surface area contributed by atoms with Crippen molar-refractivity contribution < 1.29 is 14.3 Å². The summed E-state index contributed by atoms with van der Waals surface area (Å²) in [6.45, 7) is 10.7. The zero-order chi connectivity index (χ0) is 22.3. The Bertz CT molecular complexity index is 862. The molecule has 0 aliphatic heterocycles. The summed E-state index contributed by atoms with van der Waals surface area (Å²) in [5.41, 5.74) is 3.69. The first kappa shape index (κ1) is 23.4. The second kappa shape index (κ2) is 10.8. The molecule has 0 bridgehead atoms. The van der Waals surface area contributed by atoms with Gasteiger partial charge in [0.15, 0.2) is 0 Å². The molecule has 0 fully saturated rings. The molecular formula is C24H33N3O3. The summed E-state index contributed by atoms with van der Waals surface area (Å²) in [4.78, 5) is 27.3. The van der Waals surface area contributed by atoms with Gasteiger partial charge in [-0.25, -0.2) is 0 Å². The standard InChI is InChI=1S/C24H33N3O3/c1-7-27(15-22(28)25-19-11-13-20(30-6)14-12-19)18(5)24(29)26-23-17(4)9-8-10-21(23)16(2)3/h8-14,16,18H,7,15H2,1-6H3,(H,25,28)(H,26,29)/t18-/m0/s1. The number of carbonyl (C=O) groups is 2. The number of likely N-dealkylation sites (N-methyl/N-ethyl adjacent to an activating group) is 1. The van der Waals surface area contributed by atoms with Crippen molar-refractivity contribution in [1.82, 2.24) is 4.90 Å². The van der Waals surface area contributed by atoms with Crippen molar-refractivity contribution in [2.75, 3.05) is 30.8 Å². The number of rotatable bonds is 9. The number of benzene rings is 2. The van der Waals surface area contributed by atoms with Crippen molar-refractivity contribution in [3.05, 3.63) is 53.6 Å². The van der Waals surface area contributed by atoms with E-state index < -0.39 is 6.04 Å². The van der Waals surface area contributed by atoms with Gasteiger partial charge in [0.25, 0.3) is 0 Å². The van der Waals surface area contributed by atoms with Crippen LogP contribution in [0.3, 0.4) is 0 Å². The van der Waals surface area contributed by atoms with Crippen LogP contribution in [0.15, 0.2) is 42.5 Å². The Morgan fingerprint density at radius 1 is 1.03 bits per heavy atom. The maximum Gasteiger partial charge on any atom is 0.241 e. The Labute approximate surface area is 179 Å². The monoisotopic (exact) mass is 411 g/mol. The van der Waals surface area contributed by atoms with Crippen LogP contribution in [0, 0.1) is 6.92 Å². The van der Waals surface area contributed by atoms with Crippen LogP contribution in [0.1, 0.15) is 44.7 Å². The minimum Gasteiger partial charge on any atom is -0.497 e. The zero-order valence-corrected chi connectivity index (χ0v) is 18.8. The van der Waals surface area contributed by atoms with Crippen LogP contribution in [0.2, 0.25) is 0 Å². The lowest BCUT2D eigenvalue weighted by Crippen LogP contribution is -2.45. The highest BCUT2D eigenvalue weighted by atomic mass is 16.5. The molecule has 0 heterocycles. The molecule has 1 atom stereocenters. The lowest BCUT2D eigenvalue weighted by Gasteiger charge is -2.27. The predicted molar refractivity (Wildman–Crippen MR) is 122 cm³/mol. The molecule has 2 N–H and O–H groups in total. The van der Waals surface area contributed by atoms with Crippen LogP contribution < -0.4 is 15.4 Å². The van der Waals surface area contributed by atoms with E-state index in [1.165, 1.54) is 0 Å². The number of nitrogens with one attached hydrogen (secondary N) is 2. The molecule has 0 unspecified atom stereocenters. The molecule has 30 heavy (non-hydrogen) atoms. The minimum absolute atomic E-state index is 0.120. The lowest BCUT2D eigenvalue weighted by atomic mass is 9.98. The fourth-order valence-corrected chi connectivity index (χ4v) is 3.32. The molecular weight excluding hydrogens is 378 g/mol. The molecule has 162 valence electrons. The third-order valence-electron chi connectivity index (χ3n) is 5.23. The van der Waals surface area contributed by atoms with E-state index in [0.29, 0.717) is 18.2 Å². The van der Waals surface area contributed by atoms with E-state index in [1.807, 2.05) is 43.9 Å². The lowest BCUT2D eigenvalue weighted by molar-refractivity contribution is -0.123. The van der Waals surface area contributed by atoms with Crippen molar-refractivity contribution in [1.29, 1.82) is 0 Å². The van der Waals surface area contributed by atoms with E-state index in [1.54, 1.807) is 31.4 Å². The number of methoxy groups -OCH3 is 1. The minimum atomic E-state index is -0.448. The summed E-state index contributed by atoms with van der Waals surface area (Å²) in [6.07, 6.45) is 0. The van der Waals surface area contributed by atoms with Gasteiger partial charge in [0.05, 0.1) is 19.7 Å².